The van der Waals surface area contributed by atoms with Gasteiger partial charge in [-0.25, -0.2) is 0 Å². The number of aliphatic hydroxyl groups excluding tert-OH is 1. The molecule has 2 nitrogen and oxygen atoms in total. The summed E-state index contributed by atoms with van der Waals surface area (Å²) in [4.78, 5) is 0. The molecule has 4 aliphatic carbocycles. The second kappa shape index (κ2) is 4.49. The van der Waals surface area contributed by atoms with Gasteiger partial charge in [0.05, 0.1) is 13.2 Å². The SMILES string of the molecule is COc1ccc([C@H](O)C23CC4CC(CC(C4)C2)C3)cc1. The molecule has 1 aromatic rings. The summed E-state index contributed by atoms with van der Waals surface area (Å²) in [5.41, 5.74) is 1.25. The van der Waals surface area contributed by atoms with E-state index in [1.807, 2.05) is 24.3 Å². The Hall–Kier alpha value is -1.02. The maximum absolute atomic E-state index is 11.0. The van der Waals surface area contributed by atoms with Crippen LogP contribution in [0.1, 0.15) is 50.2 Å². The third kappa shape index (κ3) is 1.88. The van der Waals surface area contributed by atoms with Gasteiger partial charge in [0.15, 0.2) is 0 Å². The topological polar surface area (TPSA) is 29.5 Å². The lowest BCUT2D eigenvalue weighted by Gasteiger charge is -2.58. The number of ether oxygens (including phenoxy) is 1. The molecule has 1 atom stereocenters. The molecule has 0 radical (unpaired) electrons. The van der Waals surface area contributed by atoms with Gasteiger partial charge in [-0.2, -0.15) is 0 Å². The van der Waals surface area contributed by atoms with Crippen molar-refractivity contribution in [1.29, 1.82) is 0 Å². The summed E-state index contributed by atoms with van der Waals surface area (Å²) in [5, 5.41) is 11.0. The molecule has 4 saturated carbocycles. The van der Waals surface area contributed by atoms with E-state index in [0.29, 0.717) is 0 Å². The minimum atomic E-state index is -0.290. The molecule has 0 unspecified atom stereocenters. The maximum atomic E-state index is 11.0. The van der Waals surface area contributed by atoms with Crippen molar-refractivity contribution in [3.8, 4) is 5.75 Å². The minimum Gasteiger partial charge on any atom is -0.497 e. The first kappa shape index (κ1) is 12.7. The summed E-state index contributed by atoms with van der Waals surface area (Å²) in [6, 6.07) is 8.03. The number of hydrogen-bond donors (Lipinski definition) is 1. The average molecular weight is 272 g/mol. The summed E-state index contributed by atoms with van der Waals surface area (Å²) in [6.45, 7) is 0. The van der Waals surface area contributed by atoms with Crippen LogP contribution in [0.25, 0.3) is 0 Å². The van der Waals surface area contributed by atoms with Gasteiger partial charge in [0.1, 0.15) is 5.75 Å². The van der Waals surface area contributed by atoms with Crippen LogP contribution in [0.4, 0.5) is 0 Å². The summed E-state index contributed by atoms with van der Waals surface area (Å²) in [5.74, 6) is 3.52. The first-order valence-electron chi connectivity index (χ1n) is 8.00. The largest absolute Gasteiger partial charge is 0.497 e. The predicted octanol–water partition coefficient (Wildman–Crippen LogP) is 3.95. The van der Waals surface area contributed by atoms with Gasteiger partial charge < -0.3 is 9.84 Å². The maximum Gasteiger partial charge on any atom is 0.118 e. The second-order valence-electron chi connectivity index (χ2n) is 7.46. The summed E-state index contributed by atoms with van der Waals surface area (Å²) in [7, 11) is 1.69. The molecule has 4 fully saturated rings. The molecule has 4 aliphatic rings. The van der Waals surface area contributed by atoms with E-state index in [2.05, 4.69) is 0 Å². The smallest absolute Gasteiger partial charge is 0.118 e. The van der Waals surface area contributed by atoms with E-state index in [4.69, 9.17) is 4.74 Å². The van der Waals surface area contributed by atoms with E-state index in [0.717, 1.165) is 29.1 Å². The fourth-order valence-corrected chi connectivity index (χ4v) is 5.65. The van der Waals surface area contributed by atoms with E-state index >= 15 is 0 Å². The van der Waals surface area contributed by atoms with Gasteiger partial charge in [-0.1, -0.05) is 12.1 Å². The third-order valence-electron chi connectivity index (χ3n) is 6.10. The van der Waals surface area contributed by atoms with Gasteiger partial charge in [-0.3, -0.25) is 0 Å². The van der Waals surface area contributed by atoms with Crippen molar-refractivity contribution in [2.75, 3.05) is 7.11 Å². The molecule has 0 heterocycles. The zero-order chi connectivity index (χ0) is 13.7. The van der Waals surface area contributed by atoms with Gasteiger partial charge in [0.2, 0.25) is 0 Å². The van der Waals surface area contributed by atoms with E-state index < -0.39 is 0 Å². The van der Waals surface area contributed by atoms with Crippen LogP contribution >= 0.6 is 0 Å². The molecule has 0 spiro atoms. The van der Waals surface area contributed by atoms with Crippen molar-refractivity contribution in [2.45, 2.75) is 44.6 Å². The predicted molar refractivity (Wildman–Crippen MR) is 78.6 cm³/mol. The van der Waals surface area contributed by atoms with Crippen LogP contribution in [-0.4, -0.2) is 12.2 Å². The van der Waals surface area contributed by atoms with Crippen LogP contribution in [0.15, 0.2) is 24.3 Å². The zero-order valence-electron chi connectivity index (χ0n) is 12.2. The molecule has 1 aromatic carbocycles. The van der Waals surface area contributed by atoms with Gasteiger partial charge >= 0.3 is 0 Å². The van der Waals surface area contributed by atoms with Crippen molar-refractivity contribution in [3.63, 3.8) is 0 Å². The van der Waals surface area contributed by atoms with Crippen molar-refractivity contribution < 1.29 is 9.84 Å². The van der Waals surface area contributed by atoms with Crippen LogP contribution < -0.4 is 4.74 Å². The van der Waals surface area contributed by atoms with E-state index in [1.165, 1.54) is 38.5 Å². The first-order valence-corrected chi connectivity index (χ1v) is 8.00. The fraction of sp³-hybridized carbons (Fsp3) is 0.667. The Balaban J connectivity index is 1.62. The van der Waals surface area contributed by atoms with E-state index in [-0.39, 0.29) is 11.5 Å². The van der Waals surface area contributed by atoms with Crippen LogP contribution in [0.3, 0.4) is 0 Å². The van der Waals surface area contributed by atoms with Gasteiger partial charge in [-0.15, -0.1) is 0 Å². The number of aliphatic hydroxyl groups is 1. The molecule has 20 heavy (non-hydrogen) atoms. The average Bonchev–Trinajstić information content (AvgIpc) is 2.45. The molecule has 0 aromatic heterocycles. The monoisotopic (exact) mass is 272 g/mol. The quantitative estimate of drug-likeness (QED) is 0.903. The Labute approximate surface area is 121 Å². The zero-order valence-corrected chi connectivity index (χ0v) is 12.2. The van der Waals surface area contributed by atoms with Gasteiger partial charge in [0, 0.05) is 5.41 Å². The Kier molecular flexibility index (Phi) is 2.85. The summed E-state index contributed by atoms with van der Waals surface area (Å²) < 4.78 is 5.22. The number of hydrogen-bond acceptors (Lipinski definition) is 2. The third-order valence-corrected chi connectivity index (χ3v) is 6.10. The van der Waals surface area contributed by atoms with E-state index in [9.17, 15) is 5.11 Å². The van der Waals surface area contributed by atoms with Crippen LogP contribution in [0.2, 0.25) is 0 Å². The Bertz CT molecular complexity index is 455. The molecule has 5 rings (SSSR count). The highest BCUT2D eigenvalue weighted by molar-refractivity contribution is 5.30. The normalized spacial score (nSPS) is 39.8. The van der Waals surface area contributed by atoms with Crippen molar-refractivity contribution in [1.82, 2.24) is 0 Å². The van der Waals surface area contributed by atoms with E-state index in [1.54, 1.807) is 7.11 Å². The summed E-state index contributed by atoms with van der Waals surface area (Å²) >= 11 is 0. The molecular weight excluding hydrogens is 248 g/mol. The highest BCUT2D eigenvalue weighted by Gasteiger charge is 2.54. The highest BCUT2D eigenvalue weighted by Crippen LogP contribution is 2.64. The molecule has 0 saturated heterocycles. The molecular formula is C18H24O2. The second-order valence-corrected chi connectivity index (χ2v) is 7.46. The van der Waals surface area contributed by atoms with Crippen molar-refractivity contribution >= 4 is 0 Å². The van der Waals surface area contributed by atoms with Crippen LogP contribution in [0.5, 0.6) is 5.75 Å². The first-order chi connectivity index (χ1) is 9.68. The molecule has 0 aliphatic heterocycles. The highest BCUT2D eigenvalue weighted by atomic mass is 16.5. The lowest BCUT2D eigenvalue weighted by molar-refractivity contribution is -0.122. The molecule has 4 bridgehead atoms. The lowest BCUT2D eigenvalue weighted by Crippen LogP contribution is -2.48. The molecule has 2 heteroatoms. The molecule has 1 N–H and O–H groups in total. The Morgan fingerprint density at radius 1 is 1.00 bits per heavy atom. The number of rotatable bonds is 3. The minimum absolute atomic E-state index is 0.170. The standard InChI is InChI=1S/C18H24O2/c1-20-16-4-2-15(3-5-16)17(19)18-9-12-6-13(10-18)8-14(7-12)11-18/h2-5,12-14,17,19H,6-11H2,1H3/t12?,13?,14?,17-,18?/m0/s1. The lowest BCUT2D eigenvalue weighted by atomic mass is 9.47. The van der Waals surface area contributed by atoms with Crippen LogP contribution in [-0.2, 0) is 0 Å². The molecule has 0 amide bonds. The van der Waals surface area contributed by atoms with Crippen molar-refractivity contribution in [3.05, 3.63) is 29.8 Å². The number of benzene rings is 1. The van der Waals surface area contributed by atoms with Crippen LogP contribution in [0, 0.1) is 23.2 Å². The van der Waals surface area contributed by atoms with Gasteiger partial charge in [0.25, 0.3) is 0 Å². The number of methoxy groups -OCH3 is 1. The Morgan fingerprint density at radius 2 is 1.50 bits per heavy atom. The van der Waals surface area contributed by atoms with Crippen molar-refractivity contribution in [2.24, 2.45) is 23.2 Å². The fourth-order valence-electron chi connectivity index (χ4n) is 5.65. The Morgan fingerprint density at radius 3 is 1.95 bits per heavy atom. The summed E-state index contributed by atoms with van der Waals surface area (Å²) in [6.07, 6.45) is 7.71. The van der Waals surface area contributed by atoms with Gasteiger partial charge in [-0.05, 0) is 74.0 Å². The molecule has 108 valence electrons.